The number of nitrogens with one attached hydrogen (secondary N) is 1. The van der Waals surface area contributed by atoms with Crippen molar-refractivity contribution in [3.05, 3.63) is 6.20 Å². The van der Waals surface area contributed by atoms with Crippen molar-refractivity contribution in [1.82, 2.24) is 14.5 Å². The normalized spacial score (nSPS) is 17.4. The lowest BCUT2D eigenvalue weighted by Gasteiger charge is -2.22. The van der Waals surface area contributed by atoms with Crippen LogP contribution in [0.4, 0.5) is 5.82 Å². The zero-order valence-corrected chi connectivity index (χ0v) is 12.8. The minimum atomic E-state index is -3.54. The van der Waals surface area contributed by atoms with Crippen LogP contribution in [0, 0.1) is 0 Å². The molecule has 3 N–H and O–H groups in total. The van der Waals surface area contributed by atoms with Gasteiger partial charge in [0, 0.05) is 6.54 Å². The molecule has 0 aliphatic heterocycles. The lowest BCUT2D eigenvalue weighted by molar-refractivity contribution is 0.333. The van der Waals surface area contributed by atoms with Crippen LogP contribution in [0.15, 0.2) is 11.1 Å². The zero-order chi connectivity index (χ0) is 14.6. The number of sulfonamides is 1. The molecular weight excluding hydrogens is 276 g/mol. The van der Waals surface area contributed by atoms with Crippen LogP contribution in [0.1, 0.15) is 57.9 Å². The van der Waals surface area contributed by atoms with Crippen LogP contribution >= 0.6 is 0 Å². The molecule has 2 rings (SSSR count). The second-order valence-corrected chi connectivity index (χ2v) is 7.12. The Labute approximate surface area is 120 Å². The van der Waals surface area contributed by atoms with Crippen LogP contribution in [0.25, 0.3) is 0 Å². The number of aromatic nitrogens is 2. The Kier molecular flexibility index (Phi) is 5.04. The monoisotopic (exact) mass is 300 g/mol. The molecule has 0 unspecified atom stereocenters. The van der Waals surface area contributed by atoms with Crippen LogP contribution in [0.2, 0.25) is 0 Å². The third-order valence-corrected chi connectivity index (χ3v) is 5.31. The van der Waals surface area contributed by atoms with Gasteiger partial charge < -0.3 is 5.73 Å². The summed E-state index contributed by atoms with van der Waals surface area (Å²) in [5, 5.41) is 4.21. The highest BCUT2D eigenvalue weighted by molar-refractivity contribution is 7.89. The van der Waals surface area contributed by atoms with Gasteiger partial charge in [0.15, 0.2) is 0 Å². The van der Waals surface area contributed by atoms with E-state index in [-0.39, 0.29) is 16.8 Å². The van der Waals surface area contributed by atoms with E-state index in [1.165, 1.54) is 12.6 Å². The van der Waals surface area contributed by atoms with Crippen molar-refractivity contribution in [2.75, 3.05) is 12.3 Å². The van der Waals surface area contributed by atoms with E-state index in [9.17, 15) is 8.42 Å². The maximum absolute atomic E-state index is 12.2. The number of anilines is 1. The molecule has 0 saturated heterocycles. The van der Waals surface area contributed by atoms with E-state index < -0.39 is 10.0 Å². The molecule has 20 heavy (non-hydrogen) atoms. The minimum Gasteiger partial charge on any atom is -0.383 e. The van der Waals surface area contributed by atoms with Gasteiger partial charge in [-0.15, -0.1) is 0 Å². The highest BCUT2D eigenvalue weighted by atomic mass is 32.2. The largest absolute Gasteiger partial charge is 0.383 e. The van der Waals surface area contributed by atoms with Crippen LogP contribution < -0.4 is 10.5 Å². The molecule has 1 saturated carbocycles. The van der Waals surface area contributed by atoms with Crippen LogP contribution in [0.3, 0.4) is 0 Å². The molecule has 1 heterocycles. The maximum Gasteiger partial charge on any atom is 0.245 e. The molecule has 0 aromatic carbocycles. The second-order valence-electron chi connectivity index (χ2n) is 5.38. The molecule has 0 radical (unpaired) electrons. The van der Waals surface area contributed by atoms with Gasteiger partial charge in [-0.05, 0) is 19.3 Å². The third kappa shape index (κ3) is 3.32. The summed E-state index contributed by atoms with van der Waals surface area (Å²) in [4.78, 5) is 0.110. The first-order chi connectivity index (χ1) is 9.56. The Morgan fingerprint density at radius 2 is 2.10 bits per heavy atom. The van der Waals surface area contributed by atoms with Crippen molar-refractivity contribution < 1.29 is 8.42 Å². The lowest BCUT2D eigenvalue weighted by atomic mass is 9.96. The van der Waals surface area contributed by atoms with Gasteiger partial charge in [0.25, 0.3) is 0 Å². The van der Waals surface area contributed by atoms with E-state index in [0.717, 1.165) is 38.5 Å². The Bertz CT molecular complexity index is 533. The smallest absolute Gasteiger partial charge is 0.245 e. The fraction of sp³-hybridized carbons (Fsp3) is 0.769. The van der Waals surface area contributed by atoms with Gasteiger partial charge in [0.1, 0.15) is 10.7 Å². The van der Waals surface area contributed by atoms with Crippen molar-refractivity contribution in [2.45, 2.75) is 62.8 Å². The van der Waals surface area contributed by atoms with Crippen LogP contribution in [0.5, 0.6) is 0 Å². The lowest BCUT2D eigenvalue weighted by Crippen LogP contribution is -2.25. The number of rotatable bonds is 6. The Morgan fingerprint density at radius 3 is 2.75 bits per heavy atom. The third-order valence-electron chi connectivity index (χ3n) is 3.83. The summed E-state index contributed by atoms with van der Waals surface area (Å²) >= 11 is 0. The van der Waals surface area contributed by atoms with Crippen molar-refractivity contribution in [2.24, 2.45) is 0 Å². The van der Waals surface area contributed by atoms with E-state index in [0.29, 0.717) is 6.54 Å². The summed E-state index contributed by atoms with van der Waals surface area (Å²) in [5.74, 6) is 0.265. The summed E-state index contributed by atoms with van der Waals surface area (Å²) in [7, 11) is -3.54. The first kappa shape index (κ1) is 15.3. The molecule has 7 heteroatoms. The van der Waals surface area contributed by atoms with Crippen molar-refractivity contribution >= 4 is 15.8 Å². The second kappa shape index (κ2) is 6.58. The number of nitrogen functional groups attached to an aromatic ring is 1. The fourth-order valence-corrected chi connectivity index (χ4v) is 3.76. The maximum atomic E-state index is 12.2. The van der Waals surface area contributed by atoms with Crippen molar-refractivity contribution in [3.63, 3.8) is 0 Å². The molecule has 1 aromatic heterocycles. The standard InChI is InChI=1S/C13H24N4O2S/c1-2-3-9-16-20(18,19)12-10-15-17(13(12)14)11-7-5-4-6-8-11/h10-11,16H,2-9,14H2,1H3. The van der Waals surface area contributed by atoms with Crippen LogP contribution in [-0.4, -0.2) is 24.7 Å². The summed E-state index contributed by atoms with van der Waals surface area (Å²) < 4.78 is 28.6. The predicted molar refractivity (Wildman–Crippen MR) is 78.9 cm³/mol. The Balaban J connectivity index is 2.15. The number of nitrogens with two attached hydrogens (primary N) is 1. The van der Waals surface area contributed by atoms with E-state index >= 15 is 0 Å². The van der Waals surface area contributed by atoms with E-state index in [1.807, 2.05) is 6.92 Å². The SMILES string of the molecule is CCCCNS(=O)(=O)c1cnn(C2CCCCC2)c1N. The van der Waals surface area contributed by atoms with Gasteiger partial charge in [-0.3, -0.25) is 0 Å². The fourth-order valence-electron chi connectivity index (χ4n) is 2.64. The Morgan fingerprint density at radius 1 is 1.40 bits per heavy atom. The molecule has 1 aliphatic rings. The van der Waals surface area contributed by atoms with Gasteiger partial charge in [-0.25, -0.2) is 17.8 Å². The molecule has 0 atom stereocenters. The number of nitrogens with zero attached hydrogens (tertiary/aromatic N) is 2. The van der Waals surface area contributed by atoms with Gasteiger partial charge in [0.2, 0.25) is 10.0 Å². The van der Waals surface area contributed by atoms with Gasteiger partial charge in [-0.2, -0.15) is 5.10 Å². The molecule has 1 aromatic rings. The average Bonchev–Trinajstić information content (AvgIpc) is 2.82. The summed E-state index contributed by atoms with van der Waals surface area (Å²) in [6.07, 6.45) is 8.72. The highest BCUT2D eigenvalue weighted by Crippen LogP contribution is 2.31. The number of unbranched alkanes of at least 4 members (excludes halogenated alkanes) is 1. The predicted octanol–water partition coefficient (Wildman–Crippen LogP) is 2.05. The molecule has 1 aliphatic carbocycles. The molecule has 1 fully saturated rings. The molecular formula is C13H24N4O2S. The summed E-state index contributed by atoms with van der Waals surface area (Å²) in [5.41, 5.74) is 6.01. The van der Waals surface area contributed by atoms with Crippen LogP contribution in [-0.2, 0) is 10.0 Å². The number of hydrogen-bond acceptors (Lipinski definition) is 4. The van der Waals surface area contributed by atoms with E-state index in [4.69, 9.17) is 5.73 Å². The molecule has 0 spiro atoms. The van der Waals surface area contributed by atoms with Crippen molar-refractivity contribution in [1.29, 1.82) is 0 Å². The van der Waals surface area contributed by atoms with Gasteiger partial charge in [0.05, 0.1) is 12.2 Å². The van der Waals surface area contributed by atoms with E-state index in [1.54, 1.807) is 4.68 Å². The van der Waals surface area contributed by atoms with Gasteiger partial charge in [-0.1, -0.05) is 32.6 Å². The summed E-state index contributed by atoms with van der Waals surface area (Å²) in [6, 6.07) is 0.239. The molecule has 6 nitrogen and oxygen atoms in total. The number of hydrogen-bond donors (Lipinski definition) is 2. The molecule has 114 valence electrons. The highest BCUT2D eigenvalue weighted by Gasteiger charge is 2.25. The van der Waals surface area contributed by atoms with Gasteiger partial charge >= 0.3 is 0 Å². The quantitative estimate of drug-likeness (QED) is 0.787. The van der Waals surface area contributed by atoms with E-state index in [2.05, 4.69) is 9.82 Å². The molecule has 0 amide bonds. The first-order valence-electron chi connectivity index (χ1n) is 7.39. The zero-order valence-electron chi connectivity index (χ0n) is 12.0. The molecule has 0 bridgehead atoms. The average molecular weight is 300 g/mol. The first-order valence-corrected chi connectivity index (χ1v) is 8.87. The Hall–Kier alpha value is -1.08. The van der Waals surface area contributed by atoms with Crippen molar-refractivity contribution in [3.8, 4) is 0 Å². The summed E-state index contributed by atoms with van der Waals surface area (Å²) in [6.45, 7) is 2.46. The minimum absolute atomic E-state index is 0.110. The topological polar surface area (TPSA) is 90.0 Å².